The maximum absolute atomic E-state index is 12.5. The maximum Gasteiger partial charge on any atom is 0.193 e. The number of pyridine rings is 1. The topological polar surface area (TPSA) is 83.6 Å². The Bertz CT molecular complexity index is 842. The second-order valence-electron chi connectivity index (χ2n) is 4.96. The Kier molecular flexibility index (Phi) is 4.00. The van der Waals surface area contributed by atoms with E-state index in [-0.39, 0.29) is 18.5 Å². The van der Waals surface area contributed by atoms with Crippen molar-refractivity contribution in [1.82, 2.24) is 4.98 Å². The number of aliphatic hydroxyl groups is 2. The number of aliphatic hydroxyl groups excluding tert-OH is 2. The van der Waals surface area contributed by atoms with Crippen LogP contribution in [0.5, 0.6) is 0 Å². The zero-order valence-electron chi connectivity index (χ0n) is 11.8. The molecule has 5 heteroatoms. The van der Waals surface area contributed by atoms with Crippen molar-refractivity contribution >= 4 is 11.0 Å². The van der Waals surface area contributed by atoms with Gasteiger partial charge in [0.05, 0.1) is 11.5 Å². The molecule has 3 rings (SSSR count). The van der Waals surface area contributed by atoms with Crippen molar-refractivity contribution in [2.24, 2.45) is 0 Å². The van der Waals surface area contributed by atoms with Gasteiger partial charge >= 0.3 is 0 Å². The Hall–Kier alpha value is -2.50. The molecule has 0 amide bonds. The van der Waals surface area contributed by atoms with Crippen molar-refractivity contribution < 1.29 is 14.6 Å². The van der Waals surface area contributed by atoms with Gasteiger partial charge in [0.25, 0.3) is 0 Å². The number of benzene rings is 1. The van der Waals surface area contributed by atoms with Gasteiger partial charge in [-0.05, 0) is 23.8 Å². The van der Waals surface area contributed by atoms with E-state index in [0.717, 1.165) is 5.56 Å². The number of aromatic nitrogens is 1. The van der Waals surface area contributed by atoms with Crippen LogP contribution < -0.4 is 5.43 Å². The number of nitrogens with zero attached hydrogens (tertiary/aromatic N) is 1. The molecule has 1 unspecified atom stereocenters. The fourth-order valence-electron chi connectivity index (χ4n) is 2.45. The molecule has 0 saturated heterocycles. The third-order valence-electron chi connectivity index (χ3n) is 3.51. The van der Waals surface area contributed by atoms with Crippen molar-refractivity contribution in [3.63, 3.8) is 0 Å². The van der Waals surface area contributed by atoms with Gasteiger partial charge in [-0.3, -0.25) is 9.78 Å². The van der Waals surface area contributed by atoms with Crippen LogP contribution in [0.15, 0.2) is 58.0 Å². The average molecular weight is 297 g/mol. The molecular weight excluding hydrogens is 282 g/mol. The molecule has 5 nitrogen and oxygen atoms in total. The summed E-state index contributed by atoms with van der Waals surface area (Å²) in [6, 6.07) is 10.0. The smallest absolute Gasteiger partial charge is 0.193 e. The molecule has 1 aromatic carbocycles. The molecule has 2 heterocycles. The fourth-order valence-corrected chi connectivity index (χ4v) is 2.45. The molecule has 0 aliphatic heterocycles. The third kappa shape index (κ3) is 2.64. The van der Waals surface area contributed by atoms with Crippen molar-refractivity contribution in [2.75, 3.05) is 6.61 Å². The van der Waals surface area contributed by atoms with Crippen molar-refractivity contribution in [2.45, 2.75) is 12.5 Å². The van der Waals surface area contributed by atoms with Crippen molar-refractivity contribution in [3.8, 4) is 11.3 Å². The SMILES string of the molecule is O=c1cc(-c2ccncc2)oc2cccc(C(O)CCO)c12. The van der Waals surface area contributed by atoms with Gasteiger partial charge in [-0.1, -0.05) is 12.1 Å². The second-order valence-corrected chi connectivity index (χ2v) is 4.96. The molecule has 0 aliphatic rings. The molecule has 112 valence electrons. The van der Waals surface area contributed by atoms with Crippen LogP contribution in [-0.2, 0) is 0 Å². The number of rotatable bonds is 4. The minimum absolute atomic E-state index is 0.155. The normalized spacial score (nSPS) is 12.5. The van der Waals surface area contributed by atoms with Crippen molar-refractivity contribution in [1.29, 1.82) is 0 Å². The molecule has 2 aromatic heterocycles. The Morgan fingerprint density at radius 2 is 1.95 bits per heavy atom. The molecule has 2 N–H and O–H groups in total. The lowest BCUT2D eigenvalue weighted by molar-refractivity contribution is 0.135. The summed E-state index contributed by atoms with van der Waals surface area (Å²) in [5.41, 5.74) is 1.42. The molecule has 0 bridgehead atoms. The second kappa shape index (κ2) is 6.09. The molecule has 3 aromatic rings. The van der Waals surface area contributed by atoms with Gasteiger partial charge < -0.3 is 14.6 Å². The van der Waals surface area contributed by atoms with E-state index in [1.165, 1.54) is 6.07 Å². The highest BCUT2D eigenvalue weighted by Crippen LogP contribution is 2.27. The van der Waals surface area contributed by atoms with Gasteiger partial charge in [-0.25, -0.2) is 0 Å². The fraction of sp³-hybridized carbons (Fsp3) is 0.176. The number of hydrogen-bond acceptors (Lipinski definition) is 5. The molecule has 22 heavy (non-hydrogen) atoms. The first-order chi connectivity index (χ1) is 10.7. The zero-order chi connectivity index (χ0) is 15.5. The molecule has 0 radical (unpaired) electrons. The standard InChI is InChI=1S/C17H15NO4/c19-9-6-13(20)12-2-1-3-15-17(12)14(21)10-16(22-15)11-4-7-18-8-5-11/h1-5,7-8,10,13,19-20H,6,9H2. The van der Waals surface area contributed by atoms with Crippen LogP contribution in [0.4, 0.5) is 0 Å². The van der Waals surface area contributed by atoms with E-state index in [0.29, 0.717) is 22.3 Å². The van der Waals surface area contributed by atoms with Gasteiger partial charge in [0, 0.05) is 37.1 Å². The zero-order valence-corrected chi connectivity index (χ0v) is 11.8. The minimum Gasteiger partial charge on any atom is -0.456 e. The number of hydrogen-bond donors (Lipinski definition) is 2. The number of fused-ring (bicyclic) bond motifs is 1. The summed E-state index contributed by atoms with van der Waals surface area (Å²) in [6.07, 6.45) is 2.52. The Morgan fingerprint density at radius 1 is 1.18 bits per heavy atom. The van der Waals surface area contributed by atoms with Crippen molar-refractivity contribution in [3.05, 3.63) is 64.6 Å². The first kappa shape index (κ1) is 14.4. The van der Waals surface area contributed by atoms with Gasteiger partial charge in [0.2, 0.25) is 0 Å². The lowest BCUT2D eigenvalue weighted by atomic mass is 10.0. The van der Waals surface area contributed by atoms with E-state index < -0.39 is 6.10 Å². The summed E-state index contributed by atoms with van der Waals surface area (Å²) < 4.78 is 5.80. The van der Waals surface area contributed by atoms with E-state index in [1.807, 2.05) is 0 Å². The van der Waals surface area contributed by atoms with Crippen LogP contribution in [0.3, 0.4) is 0 Å². The molecular formula is C17H15NO4. The lowest BCUT2D eigenvalue weighted by Crippen LogP contribution is -2.08. The van der Waals surface area contributed by atoms with Crippen LogP contribution in [0, 0.1) is 0 Å². The lowest BCUT2D eigenvalue weighted by Gasteiger charge is -2.12. The minimum atomic E-state index is -0.900. The Labute approximate surface area is 126 Å². The monoisotopic (exact) mass is 297 g/mol. The Balaban J connectivity index is 2.19. The van der Waals surface area contributed by atoms with E-state index >= 15 is 0 Å². The highest BCUT2D eigenvalue weighted by atomic mass is 16.3. The van der Waals surface area contributed by atoms with E-state index in [1.54, 1.807) is 42.7 Å². The maximum atomic E-state index is 12.5. The van der Waals surface area contributed by atoms with Crippen LogP contribution in [0.1, 0.15) is 18.1 Å². The van der Waals surface area contributed by atoms with Crippen LogP contribution in [0.2, 0.25) is 0 Å². The molecule has 0 spiro atoms. The van der Waals surface area contributed by atoms with E-state index in [9.17, 15) is 9.90 Å². The average Bonchev–Trinajstić information content (AvgIpc) is 2.55. The van der Waals surface area contributed by atoms with Crippen LogP contribution >= 0.6 is 0 Å². The third-order valence-corrected chi connectivity index (χ3v) is 3.51. The molecule has 0 aliphatic carbocycles. The summed E-state index contributed by atoms with van der Waals surface area (Å²) in [5.74, 6) is 0.452. The predicted molar refractivity (Wildman–Crippen MR) is 82.4 cm³/mol. The summed E-state index contributed by atoms with van der Waals surface area (Å²) in [4.78, 5) is 16.4. The summed E-state index contributed by atoms with van der Waals surface area (Å²) in [6.45, 7) is -0.155. The Morgan fingerprint density at radius 3 is 2.68 bits per heavy atom. The summed E-state index contributed by atoms with van der Waals surface area (Å²) in [7, 11) is 0. The summed E-state index contributed by atoms with van der Waals surface area (Å²) >= 11 is 0. The first-order valence-electron chi connectivity index (χ1n) is 6.97. The largest absolute Gasteiger partial charge is 0.456 e. The predicted octanol–water partition coefficient (Wildman–Crippen LogP) is 2.27. The molecule has 0 fully saturated rings. The molecule has 1 atom stereocenters. The quantitative estimate of drug-likeness (QED) is 0.772. The first-order valence-corrected chi connectivity index (χ1v) is 6.97. The summed E-state index contributed by atoms with van der Waals surface area (Å²) in [5, 5.41) is 19.4. The van der Waals surface area contributed by atoms with Crippen LogP contribution in [-0.4, -0.2) is 21.8 Å². The van der Waals surface area contributed by atoms with Gasteiger partial charge in [-0.2, -0.15) is 0 Å². The van der Waals surface area contributed by atoms with E-state index in [4.69, 9.17) is 9.52 Å². The van der Waals surface area contributed by atoms with E-state index in [2.05, 4.69) is 4.98 Å². The highest BCUT2D eigenvalue weighted by molar-refractivity contribution is 5.82. The van der Waals surface area contributed by atoms with Gasteiger partial charge in [0.1, 0.15) is 11.3 Å². The van der Waals surface area contributed by atoms with Gasteiger partial charge in [-0.15, -0.1) is 0 Å². The van der Waals surface area contributed by atoms with Gasteiger partial charge in [0.15, 0.2) is 5.43 Å². The van der Waals surface area contributed by atoms with Crippen LogP contribution in [0.25, 0.3) is 22.3 Å². The molecule has 0 saturated carbocycles. The highest BCUT2D eigenvalue weighted by Gasteiger charge is 2.15.